The number of benzene rings is 2. The van der Waals surface area contributed by atoms with Gasteiger partial charge in [-0.2, -0.15) is 0 Å². The highest BCUT2D eigenvalue weighted by Crippen LogP contribution is 2.21. The van der Waals surface area contributed by atoms with Gasteiger partial charge in [0.15, 0.2) is 0 Å². The van der Waals surface area contributed by atoms with Gasteiger partial charge in [0, 0.05) is 49.8 Å². The van der Waals surface area contributed by atoms with Gasteiger partial charge in [0.2, 0.25) is 5.91 Å². The zero-order chi connectivity index (χ0) is 23.9. The topological polar surface area (TPSA) is 94.6 Å². The zero-order valence-corrected chi connectivity index (χ0v) is 19.0. The number of carbonyl (C=O) groups is 3. The molecule has 1 fully saturated rings. The van der Waals surface area contributed by atoms with Crippen LogP contribution in [0, 0.1) is 6.92 Å². The third-order valence-corrected chi connectivity index (χ3v) is 5.85. The molecule has 8 heteroatoms. The maximum atomic E-state index is 12.9. The number of pyridine rings is 1. The Labute approximate surface area is 198 Å². The predicted molar refractivity (Wildman–Crippen MR) is 131 cm³/mol. The molecule has 4 rings (SSSR count). The van der Waals surface area contributed by atoms with E-state index in [4.69, 9.17) is 0 Å². The smallest absolute Gasteiger partial charge is 0.255 e. The molecule has 1 aliphatic heterocycles. The molecule has 2 aromatic carbocycles. The summed E-state index contributed by atoms with van der Waals surface area (Å²) in [5, 5.41) is 5.53. The van der Waals surface area contributed by atoms with Crippen LogP contribution in [0.5, 0.6) is 0 Å². The first-order chi connectivity index (χ1) is 16.5. The van der Waals surface area contributed by atoms with Crippen molar-refractivity contribution in [3.05, 3.63) is 89.7 Å². The largest absolute Gasteiger partial charge is 0.368 e. The molecule has 0 bridgehead atoms. The highest BCUT2D eigenvalue weighted by molar-refractivity contribution is 6.10. The summed E-state index contributed by atoms with van der Waals surface area (Å²) < 4.78 is 0. The molecule has 34 heavy (non-hydrogen) atoms. The number of aromatic nitrogens is 1. The predicted octanol–water partition coefficient (Wildman–Crippen LogP) is 2.72. The fourth-order valence-corrected chi connectivity index (χ4v) is 3.93. The molecule has 1 saturated heterocycles. The van der Waals surface area contributed by atoms with Gasteiger partial charge < -0.3 is 20.4 Å². The van der Waals surface area contributed by atoms with Crippen LogP contribution in [0.15, 0.2) is 73.1 Å². The first-order valence-corrected chi connectivity index (χ1v) is 11.2. The number of anilines is 2. The molecular formula is C26H27N5O3. The summed E-state index contributed by atoms with van der Waals surface area (Å²) in [5.41, 5.74) is 3.06. The molecule has 3 aromatic rings. The number of nitrogens with zero attached hydrogens (tertiary/aromatic N) is 3. The van der Waals surface area contributed by atoms with Gasteiger partial charge >= 0.3 is 0 Å². The maximum Gasteiger partial charge on any atom is 0.255 e. The molecular weight excluding hydrogens is 430 g/mol. The van der Waals surface area contributed by atoms with E-state index in [0.717, 1.165) is 24.3 Å². The Morgan fingerprint density at radius 3 is 2.26 bits per heavy atom. The van der Waals surface area contributed by atoms with Crippen LogP contribution >= 0.6 is 0 Å². The van der Waals surface area contributed by atoms with Crippen molar-refractivity contribution in [2.24, 2.45) is 0 Å². The van der Waals surface area contributed by atoms with Crippen LogP contribution < -0.4 is 15.5 Å². The molecule has 2 N–H and O–H groups in total. The van der Waals surface area contributed by atoms with E-state index in [-0.39, 0.29) is 18.4 Å². The Morgan fingerprint density at radius 1 is 0.853 bits per heavy atom. The number of carbonyl (C=O) groups excluding carboxylic acids is 3. The second kappa shape index (κ2) is 10.6. The van der Waals surface area contributed by atoms with E-state index in [9.17, 15) is 14.4 Å². The summed E-state index contributed by atoms with van der Waals surface area (Å²) in [5.74, 6) is -0.876. The summed E-state index contributed by atoms with van der Waals surface area (Å²) in [6, 6.07) is 18.5. The molecule has 0 atom stereocenters. The Morgan fingerprint density at radius 2 is 1.56 bits per heavy atom. The van der Waals surface area contributed by atoms with E-state index >= 15 is 0 Å². The zero-order valence-electron chi connectivity index (χ0n) is 19.0. The van der Waals surface area contributed by atoms with Gasteiger partial charge in [-0.25, -0.2) is 0 Å². The van der Waals surface area contributed by atoms with Crippen LogP contribution in [0.3, 0.4) is 0 Å². The number of amides is 3. The SMILES string of the molecule is Cc1cccc(C(=O)NCC(=O)N2CCN(c3ccccc3)CC2)c1NC(=O)c1ccncc1. The molecule has 0 saturated carbocycles. The molecule has 0 radical (unpaired) electrons. The van der Waals surface area contributed by atoms with E-state index in [1.54, 1.807) is 29.2 Å². The molecule has 3 amide bonds. The minimum Gasteiger partial charge on any atom is -0.368 e. The average molecular weight is 458 g/mol. The van der Waals surface area contributed by atoms with Crippen molar-refractivity contribution in [1.82, 2.24) is 15.2 Å². The minimum atomic E-state index is -0.412. The number of nitrogens with one attached hydrogen (secondary N) is 2. The molecule has 0 unspecified atom stereocenters. The second-order valence-electron chi connectivity index (χ2n) is 8.07. The van der Waals surface area contributed by atoms with Crippen molar-refractivity contribution in [3.63, 3.8) is 0 Å². The number of aryl methyl sites for hydroxylation is 1. The first kappa shape index (κ1) is 23.0. The van der Waals surface area contributed by atoms with Crippen molar-refractivity contribution in [2.45, 2.75) is 6.92 Å². The standard InChI is InChI=1S/C26H27N5O3/c1-19-6-5-9-22(24(19)29-25(33)20-10-12-27-13-11-20)26(34)28-18-23(32)31-16-14-30(15-17-31)21-7-3-2-4-8-21/h2-13H,14-18H2,1H3,(H,28,34)(H,29,33). The molecule has 0 aliphatic carbocycles. The third kappa shape index (κ3) is 5.40. The van der Waals surface area contributed by atoms with Crippen LogP contribution in [-0.4, -0.2) is 60.3 Å². The summed E-state index contributed by atoms with van der Waals surface area (Å²) in [6.45, 7) is 4.40. The van der Waals surface area contributed by atoms with E-state index in [1.165, 1.54) is 12.4 Å². The highest BCUT2D eigenvalue weighted by Gasteiger charge is 2.22. The average Bonchev–Trinajstić information content (AvgIpc) is 2.89. The molecule has 1 aliphatic rings. The lowest BCUT2D eigenvalue weighted by Crippen LogP contribution is -2.51. The summed E-state index contributed by atoms with van der Waals surface area (Å²) in [4.78, 5) is 46.1. The van der Waals surface area contributed by atoms with Gasteiger partial charge in [-0.05, 0) is 42.8 Å². The van der Waals surface area contributed by atoms with Crippen molar-refractivity contribution >= 4 is 29.1 Å². The van der Waals surface area contributed by atoms with Crippen LogP contribution in [0.25, 0.3) is 0 Å². The molecule has 174 valence electrons. The second-order valence-corrected chi connectivity index (χ2v) is 8.07. The fourth-order valence-electron chi connectivity index (χ4n) is 3.93. The van der Waals surface area contributed by atoms with Gasteiger partial charge in [-0.1, -0.05) is 30.3 Å². The lowest BCUT2D eigenvalue weighted by molar-refractivity contribution is -0.130. The van der Waals surface area contributed by atoms with E-state index in [2.05, 4.69) is 32.7 Å². The molecule has 1 aromatic heterocycles. The quantitative estimate of drug-likeness (QED) is 0.594. The maximum absolute atomic E-state index is 12.9. The summed E-state index contributed by atoms with van der Waals surface area (Å²) in [7, 11) is 0. The van der Waals surface area contributed by atoms with Gasteiger partial charge in [0.25, 0.3) is 11.8 Å². The summed E-state index contributed by atoms with van der Waals surface area (Å²) >= 11 is 0. The fraction of sp³-hybridized carbons (Fsp3) is 0.231. The summed E-state index contributed by atoms with van der Waals surface area (Å²) in [6.07, 6.45) is 3.07. The molecule has 2 heterocycles. The number of hydrogen-bond donors (Lipinski definition) is 2. The van der Waals surface area contributed by atoms with Gasteiger partial charge in [-0.15, -0.1) is 0 Å². The Bertz CT molecular complexity index is 1160. The Balaban J connectivity index is 1.35. The number of rotatable bonds is 6. The monoisotopic (exact) mass is 457 g/mol. The molecule has 8 nitrogen and oxygen atoms in total. The highest BCUT2D eigenvalue weighted by atomic mass is 16.2. The van der Waals surface area contributed by atoms with Crippen molar-refractivity contribution < 1.29 is 14.4 Å². The van der Waals surface area contributed by atoms with Crippen molar-refractivity contribution in [1.29, 1.82) is 0 Å². The molecule has 0 spiro atoms. The van der Waals surface area contributed by atoms with Gasteiger partial charge in [0.05, 0.1) is 17.8 Å². The Kier molecular flexibility index (Phi) is 7.17. The minimum absolute atomic E-state index is 0.101. The first-order valence-electron chi connectivity index (χ1n) is 11.2. The lowest BCUT2D eigenvalue weighted by Gasteiger charge is -2.36. The lowest BCUT2D eigenvalue weighted by atomic mass is 10.1. The van der Waals surface area contributed by atoms with E-state index in [0.29, 0.717) is 29.9 Å². The van der Waals surface area contributed by atoms with Crippen LogP contribution in [0.1, 0.15) is 26.3 Å². The van der Waals surface area contributed by atoms with Crippen LogP contribution in [-0.2, 0) is 4.79 Å². The van der Waals surface area contributed by atoms with E-state index < -0.39 is 5.91 Å². The van der Waals surface area contributed by atoms with Crippen molar-refractivity contribution in [2.75, 3.05) is 42.9 Å². The number of para-hydroxylation sites is 2. The Hall–Kier alpha value is -4.20. The van der Waals surface area contributed by atoms with Gasteiger partial charge in [-0.3, -0.25) is 19.4 Å². The van der Waals surface area contributed by atoms with Crippen LogP contribution in [0.4, 0.5) is 11.4 Å². The van der Waals surface area contributed by atoms with Crippen LogP contribution in [0.2, 0.25) is 0 Å². The van der Waals surface area contributed by atoms with Gasteiger partial charge in [0.1, 0.15) is 0 Å². The number of piperazine rings is 1. The number of hydrogen-bond acceptors (Lipinski definition) is 5. The normalized spacial score (nSPS) is 13.3. The van der Waals surface area contributed by atoms with Crippen molar-refractivity contribution in [3.8, 4) is 0 Å². The third-order valence-electron chi connectivity index (χ3n) is 5.85. The van der Waals surface area contributed by atoms with E-state index in [1.807, 2.05) is 31.2 Å².